The molecule has 0 atom stereocenters. The highest BCUT2D eigenvalue weighted by Gasteiger charge is 2.14. The van der Waals surface area contributed by atoms with Gasteiger partial charge in [0.15, 0.2) is 0 Å². The quantitative estimate of drug-likeness (QED) is 0.865. The Bertz CT molecular complexity index is 549. The number of thiazole rings is 1. The Labute approximate surface area is 123 Å². The first kappa shape index (κ1) is 14.5. The van der Waals surface area contributed by atoms with Crippen LogP contribution in [0.1, 0.15) is 37.3 Å². The summed E-state index contributed by atoms with van der Waals surface area (Å²) in [5, 5.41) is 5.19. The molecule has 0 saturated heterocycles. The molecule has 0 amide bonds. The van der Waals surface area contributed by atoms with Gasteiger partial charge in [-0.25, -0.2) is 4.98 Å². The third-order valence-electron chi connectivity index (χ3n) is 2.88. The van der Waals surface area contributed by atoms with Gasteiger partial charge >= 0.3 is 0 Å². The normalized spacial score (nSPS) is 11.2. The molecule has 0 aliphatic heterocycles. The van der Waals surface area contributed by atoms with E-state index in [4.69, 9.17) is 16.6 Å². The van der Waals surface area contributed by atoms with E-state index in [0.29, 0.717) is 5.92 Å². The number of aromatic nitrogens is 1. The van der Waals surface area contributed by atoms with Crippen molar-refractivity contribution < 1.29 is 0 Å². The third kappa shape index (κ3) is 3.56. The number of halogens is 1. The van der Waals surface area contributed by atoms with Crippen LogP contribution in [0.5, 0.6) is 0 Å². The van der Waals surface area contributed by atoms with Crippen molar-refractivity contribution in [3.8, 4) is 10.6 Å². The SMILES string of the molecule is CCNCc1sc(-c2cccc(Cl)c2)nc1C(C)C. The molecule has 0 saturated carbocycles. The summed E-state index contributed by atoms with van der Waals surface area (Å²) < 4.78 is 0. The highest BCUT2D eigenvalue weighted by molar-refractivity contribution is 7.15. The van der Waals surface area contributed by atoms with Crippen molar-refractivity contribution in [1.29, 1.82) is 0 Å². The summed E-state index contributed by atoms with van der Waals surface area (Å²) >= 11 is 7.81. The Morgan fingerprint density at radius 2 is 2.16 bits per heavy atom. The predicted molar refractivity (Wildman–Crippen MR) is 84.0 cm³/mol. The summed E-state index contributed by atoms with van der Waals surface area (Å²) in [4.78, 5) is 6.12. The van der Waals surface area contributed by atoms with Gasteiger partial charge < -0.3 is 5.32 Å². The summed E-state index contributed by atoms with van der Waals surface area (Å²) in [5.41, 5.74) is 2.29. The highest BCUT2D eigenvalue weighted by atomic mass is 35.5. The number of nitrogens with one attached hydrogen (secondary N) is 1. The zero-order chi connectivity index (χ0) is 13.8. The monoisotopic (exact) mass is 294 g/mol. The molecular weight excluding hydrogens is 276 g/mol. The van der Waals surface area contributed by atoms with Gasteiger partial charge in [0, 0.05) is 22.0 Å². The van der Waals surface area contributed by atoms with Crippen molar-refractivity contribution in [2.24, 2.45) is 0 Å². The van der Waals surface area contributed by atoms with E-state index in [2.05, 4.69) is 32.2 Å². The van der Waals surface area contributed by atoms with E-state index in [-0.39, 0.29) is 0 Å². The van der Waals surface area contributed by atoms with E-state index in [1.54, 1.807) is 11.3 Å². The van der Waals surface area contributed by atoms with Crippen molar-refractivity contribution in [1.82, 2.24) is 10.3 Å². The molecule has 0 unspecified atom stereocenters. The molecule has 0 aliphatic rings. The van der Waals surface area contributed by atoms with Crippen molar-refractivity contribution >= 4 is 22.9 Å². The summed E-state index contributed by atoms with van der Waals surface area (Å²) in [6, 6.07) is 7.90. The van der Waals surface area contributed by atoms with E-state index in [1.807, 2.05) is 18.2 Å². The van der Waals surface area contributed by atoms with Gasteiger partial charge in [-0.15, -0.1) is 11.3 Å². The number of nitrogens with zero attached hydrogens (tertiary/aromatic N) is 1. The summed E-state index contributed by atoms with van der Waals surface area (Å²) in [6.45, 7) is 8.36. The van der Waals surface area contributed by atoms with E-state index >= 15 is 0 Å². The van der Waals surface area contributed by atoms with E-state index in [1.165, 1.54) is 10.6 Å². The predicted octanol–water partition coefficient (Wildman–Crippen LogP) is 4.70. The first-order chi connectivity index (χ1) is 9.11. The highest BCUT2D eigenvalue weighted by Crippen LogP contribution is 2.32. The maximum absolute atomic E-state index is 6.05. The summed E-state index contributed by atoms with van der Waals surface area (Å²) in [6.07, 6.45) is 0. The molecule has 0 bridgehead atoms. The van der Waals surface area contributed by atoms with Crippen LogP contribution in [0.2, 0.25) is 5.02 Å². The zero-order valence-corrected chi connectivity index (χ0v) is 13.1. The minimum atomic E-state index is 0.442. The molecule has 1 heterocycles. The fourth-order valence-corrected chi connectivity index (χ4v) is 3.30. The van der Waals surface area contributed by atoms with E-state index in [9.17, 15) is 0 Å². The van der Waals surface area contributed by atoms with E-state index < -0.39 is 0 Å². The summed E-state index contributed by atoms with van der Waals surface area (Å²) in [5.74, 6) is 0.442. The molecule has 1 N–H and O–H groups in total. The second-order valence-electron chi connectivity index (χ2n) is 4.77. The molecule has 0 aliphatic carbocycles. The van der Waals surface area contributed by atoms with Crippen LogP contribution in [0.3, 0.4) is 0 Å². The maximum atomic E-state index is 6.05. The van der Waals surface area contributed by atoms with Crippen LogP contribution in [0.15, 0.2) is 24.3 Å². The number of hydrogen-bond donors (Lipinski definition) is 1. The zero-order valence-electron chi connectivity index (χ0n) is 11.5. The van der Waals surface area contributed by atoms with Crippen molar-refractivity contribution in [2.45, 2.75) is 33.2 Å². The molecule has 0 radical (unpaired) electrons. The lowest BCUT2D eigenvalue weighted by Crippen LogP contribution is -2.12. The Kier molecular flexibility index (Phi) is 4.97. The molecule has 1 aromatic carbocycles. The molecule has 2 nitrogen and oxygen atoms in total. The first-order valence-electron chi connectivity index (χ1n) is 6.58. The maximum Gasteiger partial charge on any atom is 0.123 e. The number of rotatable bonds is 5. The summed E-state index contributed by atoms with van der Waals surface area (Å²) in [7, 11) is 0. The van der Waals surface area contributed by atoms with Crippen molar-refractivity contribution in [3.05, 3.63) is 39.9 Å². The molecule has 0 spiro atoms. The number of hydrogen-bond acceptors (Lipinski definition) is 3. The minimum Gasteiger partial charge on any atom is -0.312 e. The van der Waals surface area contributed by atoms with Crippen LogP contribution in [0.4, 0.5) is 0 Å². The second-order valence-corrected chi connectivity index (χ2v) is 6.29. The smallest absolute Gasteiger partial charge is 0.123 e. The first-order valence-corrected chi connectivity index (χ1v) is 7.77. The third-order valence-corrected chi connectivity index (χ3v) is 4.24. The van der Waals surface area contributed by atoms with Gasteiger partial charge in [0.2, 0.25) is 0 Å². The lowest BCUT2D eigenvalue weighted by atomic mass is 10.1. The Morgan fingerprint density at radius 1 is 1.37 bits per heavy atom. The van der Waals surface area contributed by atoms with Crippen LogP contribution < -0.4 is 5.32 Å². The Morgan fingerprint density at radius 3 is 2.79 bits per heavy atom. The molecule has 1 aromatic heterocycles. The van der Waals surface area contributed by atoms with Gasteiger partial charge in [-0.3, -0.25) is 0 Å². The molecule has 2 rings (SSSR count). The molecule has 4 heteroatoms. The van der Waals surface area contributed by atoms with Gasteiger partial charge in [-0.05, 0) is 24.6 Å². The average Bonchev–Trinajstić information content (AvgIpc) is 2.80. The second kappa shape index (κ2) is 6.51. The van der Waals surface area contributed by atoms with Crippen LogP contribution in [0.25, 0.3) is 10.6 Å². The van der Waals surface area contributed by atoms with Gasteiger partial charge in [-0.2, -0.15) is 0 Å². The largest absolute Gasteiger partial charge is 0.312 e. The Hall–Kier alpha value is -0.900. The standard InChI is InChI=1S/C15H19ClN2S/c1-4-17-9-13-14(10(2)3)18-15(19-13)11-6-5-7-12(16)8-11/h5-8,10,17H,4,9H2,1-3H3. The minimum absolute atomic E-state index is 0.442. The van der Waals surface area contributed by atoms with Gasteiger partial charge in [0.25, 0.3) is 0 Å². The van der Waals surface area contributed by atoms with Crippen LogP contribution in [0, 0.1) is 0 Å². The Balaban J connectivity index is 2.36. The van der Waals surface area contributed by atoms with Crippen molar-refractivity contribution in [3.63, 3.8) is 0 Å². The lowest BCUT2D eigenvalue weighted by Gasteiger charge is -2.04. The number of benzene rings is 1. The fraction of sp³-hybridized carbons (Fsp3) is 0.400. The molecule has 102 valence electrons. The fourth-order valence-electron chi connectivity index (χ4n) is 1.92. The van der Waals surface area contributed by atoms with Crippen LogP contribution in [-0.2, 0) is 6.54 Å². The van der Waals surface area contributed by atoms with Crippen LogP contribution in [-0.4, -0.2) is 11.5 Å². The van der Waals surface area contributed by atoms with Gasteiger partial charge in [0.05, 0.1) is 5.69 Å². The molecule has 2 aromatic rings. The van der Waals surface area contributed by atoms with Gasteiger partial charge in [0.1, 0.15) is 5.01 Å². The van der Waals surface area contributed by atoms with E-state index in [0.717, 1.165) is 28.7 Å². The molecular formula is C15H19ClN2S. The molecule has 19 heavy (non-hydrogen) atoms. The average molecular weight is 295 g/mol. The lowest BCUT2D eigenvalue weighted by molar-refractivity contribution is 0.714. The van der Waals surface area contributed by atoms with Gasteiger partial charge in [-0.1, -0.05) is 44.5 Å². The van der Waals surface area contributed by atoms with Crippen molar-refractivity contribution in [2.75, 3.05) is 6.54 Å². The molecule has 0 fully saturated rings. The topological polar surface area (TPSA) is 24.9 Å². The van der Waals surface area contributed by atoms with Crippen LogP contribution >= 0.6 is 22.9 Å².